The molecule has 2 aliphatic carbocycles. The van der Waals surface area contributed by atoms with Gasteiger partial charge in [0.2, 0.25) is 0 Å². The third-order valence-electron chi connectivity index (χ3n) is 4.87. The van der Waals surface area contributed by atoms with Gasteiger partial charge in [0.15, 0.2) is 0 Å². The van der Waals surface area contributed by atoms with Gasteiger partial charge in [0.1, 0.15) is 11.5 Å². The molecule has 0 radical (unpaired) electrons. The molecule has 120 valence electrons. The van der Waals surface area contributed by atoms with Gasteiger partial charge >= 0.3 is 5.97 Å². The van der Waals surface area contributed by atoms with E-state index in [-0.39, 0.29) is 11.4 Å². The number of rotatable bonds is 6. The Morgan fingerprint density at radius 2 is 2.14 bits per heavy atom. The van der Waals surface area contributed by atoms with Gasteiger partial charge in [-0.2, -0.15) is 0 Å². The monoisotopic (exact) mass is 367 g/mol. The van der Waals surface area contributed by atoms with Crippen LogP contribution in [-0.2, 0) is 4.79 Å². The zero-order chi connectivity index (χ0) is 15.7. The predicted molar refractivity (Wildman–Crippen MR) is 89.0 cm³/mol. The van der Waals surface area contributed by atoms with Crippen LogP contribution in [0.5, 0.6) is 11.5 Å². The molecule has 2 aliphatic rings. The van der Waals surface area contributed by atoms with Gasteiger partial charge in [-0.15, -0.1) is 0 Å². The molecule has 4 nitrogen and oxygen atoms in total. The number of anilines is 1. The Bertz CT molecular complexity index is 574. The fourth-order valence-corrected chi connectivity index (χ4v) is 3.18. The van der Waals surface area contributed by atoms with E-state index >= 15 is 0 Å². The second kappa shape index (κ2) is 6.11. The molecule has 0 bridgehead atoms. The summed E-state index contributed by atoms with van der Waals surface area (Å²) in [5.41, 5.74) is 6.29. The molecular formula is C17H22BrNO3. The number of carbonyl (C=O) groups excluding carboxylic acids is 1. The number of carbonyl (C=O) groups is 1. The lowest BCUT2D eigenvalue weighted by molar-refractivity contribution is -0.151. The van der Waals surface area contributed by atoms with E-state index in [1.54, 1.807) is 12.1 Å². The van der Waals surface area contributed by atoms with Crippen molar-refractivity contribution in [1.29, 1.82) is 0 Å². The van der Waals surface area contributed by atoms with Gasteiger partial charge in [0, 0.05) is 10.5 Å². The van der Waals surface area contributed by atoms with Crippen molar-refractivity contribution in [2.24, 2.45) is 11.3 Å². The molecule has 0 heterocycles. The lowest BCUT2D eigenvalue weighted by atomic mass is 9.67. The fraction of sp³-hybridized carbons (Fsp3) is 0.588. The van der Waals surface area contributed by atoms with E-state index in [1.165, 1.54) is 12.8 Å². The summed E-state index contributed by atoms with van der Waals surface area (Å²) in [5, 5.41) is 0. The smallest absolute Gasteiger partial charge is 0.317 e. The van der Waals surface area contributed by atoms with Gasteiger partial charge in [-0.1, -0.05) is 13.3 Å². The first-order chi connectivity index (χ1) is 10.5. The van der Waals surface area contributed by atoms with Gasteiger partial charge in [0.05, 0.1) is 17.7 Å². The van der Waals surface area contributed by atoms with Crippen molar-refractivity contribution in [3.63, 3.8) is 0 Å². The van der Waals surface area contributed by atoms with Crippen LogP contribution in [0.1, 0.15) is 45.4 Å². The minimum atomic E-state index is -0.289. The number of halogens is 1. The van der Waals surface area contributed by atoms with Crippen LogP contribution in [0.25, 0.3) is 0 Å². The average molecular weight is 368 g/mol. The number of ether oxygens (including phenoxy) is 2. The van der Waals surface area contributed by atoms with Crippen LogP contribution < -0.4 is 15.2 Å². The highest BCUT2D eigenvalue weighted by Gasteiger charge is 2.44. The molecule has 5 heteroatoms. The average Bonchev–Trinajstić information content (AvgIpc) is 3.24. The summed E-state index contributed by atoms with van der Waals surface area (Å²) in [4.78, 5) is 12.4. The molecule has 2 saturated carbocycles. The number of esters is 1. The Morgan fingerprint density at radius 1 is 1.41 bits per heavy atom. The quantitative estimate of drug-likeness (QED) is 0.462. The first-order valence-corrected chi connectivity index (χ1v) is 8.77. The van der Waals surface area contributed by atoms with Crippen LogP contribution in [0.3, 0.4) is 0 Å². The Kier molecular flexibility index (Phi) is 4.35. The molecule has 0 unspecified atom stereocenters. The maximum absolute atomic E-state index is 12.4. The van der Waals surface area contributed by atoms with Gasteiger partial charge in [-0.3, -0.25) is 4.79 Å². The van der Waals surface area contributed by atoms with E-state index < -0.39 is 0 Å². The molecule has 2 N–H and O–H groups in total. The summed E-state index contributed by atoms with van der Waals surface area (Å²) < 4.78 is 12.1. The highest BCUT2D eigenvalue weighted by Crippen LogP contribution is 2.45. The lowest BCUT2D eigenvalue weighted by Gasteiger charge is -2.38. The number of hydrogen-bond donors (Lipinski definition) is 1. The first-order valence-electron chi connectivity index (χ1n) is 7.98. The molecule has 1 aromatic carbocycles. The van der Waals surface area contributed by atoms with E-state index in [1.807, 2.05) is 6.92 Å². The SMILES string of the molecule is CCC1(C(=O)Oc2cc(Br)c(N)c(OCC3CC3)c2)CCC1. The fourth-order valence-electron chi connectivity index (χ4n) is 2.76. The van der Waals surface area contributed by atoms with Crippen molar-refractivity contribution in [3.8, 4) is 11.5 Å². The molecule has 2 fully saturated rings. The van der Waals surface area contributed by atoms with Crippen molar-refractivity contribution in [2.75, 3.05) is 12.3 Å². The van der Waals surface area contributed by atoms with E-state index in [4.69, 9.17) is 15.2 Å². The molecule has 3 rings (SSSR count). The second-order valence-electron chi connectivity index (χ2n) is 6.45. The highest BCUT2D eigenvalue weighted by atomic mass is 79.9. The number of nitrogen functional groups attached to an aromatic ring is 1. The summed E-state index contributed by atoms with van der Waals surface area (Å²) in [7, 11) is 0. The highest BCUT2D eigenvalue weighted by molar-refractivity contribution is 9.10. The Labute approximate surface area is 139 Å². The summed E-state index contributed by atoms with van der Waals surface area (Å²) in [5.74, 6) is 1.59. The van der Waals surface area contributed by atoms with Crippen molar-refractivity contribution < 1.29 is 14.3 Å². The first kappa shape index (κ1) is 15.7. The molecule has 0 saturated heterocycles. The standard InChI is InChI=1S/C17H22BrNO3/c1-2-17(6-3-7-17)16(20)22-12-8-13(18)15(19)14(9-12)21-10-11-4-5-11/h8-9,11H,2-7,10,19H2,1H3. The maximum atomic E-state index is 12.4. The molecule has 0 aliphatic heterocycles. The van der Waals surface area contributed by atoms with Crippen molar-refractivity contribution in [1.82, 2.24) is 0 Å². The summed E-state index contributed by atoms with van der Waals surface area (Å²) in [6, 6.07) is 3.46. The molecule has 0 amide bonds. The zero-order valence-corrected chi connectivity index (χ0v) is 14.4. The maximum Gasteiger partial charge on any atom is 0.317 e. The Morgan fingerprint density at radius 3 is 2.68 bits per heavy atom. The second-order valence-corrected chi connectivity index (χ2v) is 7.30. The van der Waals surface area contributed by atoms with Crippen LogP contribution in [0.2, 0.25) is 0 Å². The third-order valence-corrected chi connectivity index (χ3v) is 5.52. The zero-order valence-electron chi connectivity index (χ0n) is 12.9. The molecule has 0 atom stereocenters. The van der Waals surface area contributed by atoms with Gasteiger partial charge in [0.25, 0.3) is 0 Å². The van der Waals surface area contributed by atoms with E-state index in [0.717, 1.165) is 25.7 Å². The van der Waals surface area contributed by atoms with Crippen LogP contribution in [0, 0.1) is 11.3 Å². The largest absolute Gasteiger partial charge is 0.491 e. The predicted octanol–water partition coefficient (Wildman–Crippen LogP) is 4.31. The number of hydrogen-bond acceptors (Lipinski definition) is 4. The van der Waals surface area contributed by atoms with Gasteiger partial charge in [-0.05, 0) is 60.0 Å². The van der Waals surface area contributed by atoms with Crippen LogP contribution in [0.4, 0.5) is 5.69 Å². The van der Waals surface area contributed by atoms with Gasteiger partial charge in [-0.25, -0.2) is 0 Å². The molecular weight excluding hydrogens is 346 g/mol. The Hall–Kier alpha value is -1.23. The van der Waals surface area contributed by atoms with Crippen molar-refractivity contribution >= 4 is 27.6 Å². The van der Waals surface area contributed by atoms with Crippen LogP contribution in [0.15, 0.2) is 16.6 Å². The van der Waals surface area contributed by atoms with Crippen LogP contribution in [-0.4, -0.2) is 12.6 Å². The van der Waals surface area contributed by atoms with Crippen molar-refractivity contribution in [3.05, 3.63) is 16.6 Å². The van der Waals surface area contributed by atoms with E-state index in [0.29, 0.717) is 34.2 Å². The summed E-state index contributed by atoms with van der Waals surface area (Å²) in [6.45, 7) is 2.72. The molecule has 0 spiro atoms. The third kappa shape index (κ3) is 3.09. The normalized spacial score (nSPS) is 19.4. The number of nitrogens with two attached hydrogens (primary N) is 1. The summed E-state index contributed by atoms with van der Waals surface area (Å²) >= 11 is 3.41. The summed E-state index contributed by atoms with van der Waals surface area (Å²) in [6.07, 6.45) is 6.20. The topological polar surface area (TPSA) is 61.5 Å². The van der Waals surface area contributed by atoms with Gasteiger partial charge < -0.3 is 15.2 Å². The lowest BCUT2D eigenvalue weighted by Crippen LogP contribution is -2.40. The minimum absolute atomic E-state index is 0.133. The molecule has 1 aromatic rings. The molecule has 22 heavy (non-hydrogen) atoms. The van der Waals surface area contributed by atoms with E-state index in [9.17, 15) is 4.79 Å². The van der Waals surface area contributed by atoms with Crippen molar-refractivity contribution in [2.45, 2.75) is 45.4 Å². The minimum Gasteiger partial charge on any atom is -0.491 e. The van der Waals surface area contributed by atoms with E-state index in [2.05, 4.69) is 15.9 Å². The number of benzene rings is 1. The van der Waals surface area contributed by atoms with Crippen LogP contribution >= 0.6 is 15.9 Å². The molecule has 0 aromatic heterocycles. The Balaban J connectivity index is 1.73.